The van der Waals surface area contributed by atoms with Gasteiger partial charge in [-0.1, -0.05) is 26.8 Å². The van der Waals surface area contributed by atoms with Crippen molar-refractivity contribution in [3.05, 3.63) is 36.0 Å². The summed E-state index contributed by atoms with van der Waals surface area (Å²) in [6, 6.07) is 0.239. The number of carbonyl (C=O) groups is 2. The minimum Gasteiger partial charge on any atom is -0.480 e. The highest BCUT2D eigenvalue weighted by Gasteiger charge is 2.47. The molecule has 1 saturated carbocycles. The predicted octanol–water partition coefficient (Wildman–Crippen LogP) is 3.86. The molecule has 0 spiro atoms. The Balaban J connectivity index is 1.57. The molecule has 2 fully saturated rings. The van der Waals surface area contributed by atoms with E-state index in [2.05, 4.69) is 20.0 Å². The minimum absolute atomic E-state index is 0.109. The molecule has 47 heavy (non-hydrogen) atoms. The van der Waals surface area contributed by atoms with Crippen molar-refractivity contribution >= 4 is 22.9 Å². The smallest absolute Gasteiger partial charge is 0.480 e. The number of carbonyl (C=O) groups excluding carboxylic acids is 1. The minimum atomic E-state index is -5.05. The van der Waals surface area contributed by atoms with E-state index in [0.717, 1.165) is 29.2 Å². The molecule has 1 amide bonds. The van der Waals surface area contributed by atoms with Crippen LogP contribution in [0.15, 0.2) is 30.4 Å². The number of aliphatic hydroxyl groups excluding tert-OH is 1. The van der Waals surface area contributed by atoms with Crippen molar-refractivity contribution in [3.63, 3.8) is 0 Å². The topological polar surface area (TPSA) is 153 Å². The Morgan fingerprint density at radius 1 is 1.13 bits per heavy atom. The van der Waals surface area contributed by atoms with Gasteiger partial charge in [-0.25, -0.2) is 14.8 Å². The number of aliphatic carboxylic acids is 1. The molecule has 3 heterocycles. The van der Waals surface area contributed by atoms with E-state index in [-0.39, 0.29) is 30.6 Å². The van der Waals surface area contributed by atoms with Crippen LogP contribution in [0.25, 0.3) is 11.0 Å². The number of amides is 1. The average Bonchev–Trinajstić information content (AvgIpc) is 3.58. The van der Waals surface area contributed by atoms with Gasteiger partial charge in [-0.15, -0.1) is 13.2 Å². The number of hydrogen-bond acceptors (Lipinski definition) is 10. The number of ether oxygens (including phenoxy) is 4. The molecular weight excluding hydrogens is 639 g/mol. The normalized spacial score (nSPS) is 29.7. The fraction of sp³-hybridized carbons (Fsp3) is 0.600. The van der Waals surface area contributed by atoms with E-state index in [1.54, 1.807) is 20.8 Å². The lowest BCUT2D eigenvalue weighted by molar-refractivity contribution is -0.274. The first-order valence-electron chi connectivity index (χ1n) is 15.0. The van der Waals surface area contributed by atoms with Gasteiger partial charge in [0.15, 0.2) is 5.69 Å². The number of aliphatic hydroxyl groups is 1. The van der Waals surface area contributed by atoms with Gasteiger partial charge < -0.3 is 34.1 Å². The van der Waals surface area contributed by atoms with Gasteiger partial charge in [-0.2, -0.15) is 8.78 Å². The Hall–Kier alpha value is -3.67. The van der Waals surface area contributed by atoms with Crippen LogP contribution in [-0.2, 0) is 25.0 Å². The molecule has 6 atom stereocenters. The molecule has 1 unspecified atom stereocenters. The molecule has 2 bridgehead atoms. The van der Waals surface area contributed by atoms with Gasteiger partial charge >= 0.3 is 18.3 Å². The molecule has 2 aromatic rings. The molecule has 1 saturated heterocycles. The molecule has 3 N–H and O–H groups in total. The molecule has 1 aromatic heterocycles. The maximum atomic E-state index is 15.8. The lowest BCUT2D eigenvalue weighted by Crippen LogP contribution is -2.58. The fourth-order valence-corrected chi connectivity index (χ4v) is 5.93. The monoisotopic (exact) mass is 674 g/mol. The first-order valence-corrected chi connectivity index (χ1v) is 15.0. The largest absolute Gasteiger partial charge is 0.573 e. The lowest BCUT2D eigenvalue weighted by Gasteiger charge is -2.36. The Morgan fingerprint density at radius 3 is 2.53 bits per heavy atom. The summed E-state index contributed by atoms with van der Waals surface area (Å²) in [6.45, 7) is 4.49. The summed E-state index contributed by atoms with van der Waals surface area (Å²) in [5.41, 5.74) is -2.37. The molecule has 2 aliphatic heterocycles. The lowest BCUT2D eigenvalue weighted by atomic mass is 9.85. The summed E-state index contributed by atoms with van der Waals surface area (Å²) < 4.78 is 91.3. The molecule has 17 heteroatoms. The third-order valence-electron chi connectivity index (χ3n) is 8.11. The van der Waals surface area contributed by atoms with Gasteiger partial charge in [-0.05, 0) is 42.9 Å². The quantitative estimate of drug-likeness (QED) is 0.315. The Bertz CT molecular complexity index is 1520. The summed E-state index contributed by atoms with van der Waals surface area (Å²) >= 11 is 0. The molecular formula is C30H35F5N4O8. The number of carboxylic acids is 1. The number of alkyl halides is 5. The maximum absolute atomic E-state index is 15.8. The first-order chi connectivity index (χ1) is 21.9. The second kappa shape index (κ2) is 13.1. The van der Waals surface area contributed by atoms with Gasteiger partial charge in [-0.3, -0.25) is 10.1 Å². The van der Waals surface area contributed by atoms with Crippen LogP contribution in [-0.4, -0.2) is 93.3 Å². The highest BCUT2D eigenvalue weighted by atomic mass is 19.4. The number of allylic oxidation sites excluding steroid dienone is 1. The average molecular weight is 675 g/mol. The Kier molecular flexibility index (Phi) is 9.65. The van der Waals surface area contributed by atoms with E-state index in [0.29, 0.717) is 25.3 Å². The van der Waals surface area contributed by atoms with Crippen LogP contribution in [0, 0.1) is 5.41 Å². The van der Waals surface area contributed by atoms with Crippen LogP contribution in [0.5, 0.6) is 11.6 Å². The molecule has 0 radical (unpaired) electrons. The third kappa shape index (κ3) is 8.08. The van der Waals surface area contributed by atoms with Crippen LogP contribution in [0.2, 0.25) is 0 Å². The number of benzene rings is 1. The van der Waals surface area contributed by atoms with E-state index >= 15 is 8.78 Å². The van der Waals surface area contributed by atoms with Crippen molar-refractivity contribution < 1.29 is 60.7 Å². The van der Waals surface area contributed by atoms with Gasteiger partial charge in [0.25, 0.3) is 0 Å². The number of halogens is 5. The van der Waals surface area contributed by atoms with Crippen molar-refractivity contribution in [1.82, 2.24) is 20.2 Å². The third-order valence-corrected chi connectivity index (χ3v) is 8.11. The highest BCUT2D eigenvalue weighted by molar-refractivity contribution is 5.88. The van der Waals surface area contributed by atoms with Crippen molar-refractivity contribution in [2.75, 3.05) is 13.2 Å². The summed E-state index contributed by atoms with van der Waals surface area (Å²) in [6.07, 6.45) is -6.18. The standard InChI is InChI=1S/C30H35F5N4O8/c1-28(2,3)23-25(40)39-14-16(13-19(39)26(41)42)45-24-22(36-18-12-15(47-30(33,34)35)8-9-17(18)37-24)29(31,32)10-5-11-44-20-6-4-7-21(20)46-27(43)38-23/h5,8-10,12,16,19-21,23,27,38,43H,4,6-7,11,13-14H2,1-3H3,(H,41,42)/b10-5+/t16-,19+,20-,21-,23-,27?/m1/s1. The molecule has 3 aliphatic rings. The second-order valence-corrected chi connectivity index (χ2v) is 12.7. The zero-order chi connectivity index (χ0) is 34.3. The number of nitrogens with one attached hydrogen (secondary N) is 1. The zero-order valence-corrected chi connectivity index (χ0v) is 25.7. The molecule has 1 aromatic carbocycles. The van der Waals surface area contributed by atoms with Crippen molar-refractivity contribution in [1.29, 1.82) is 0 Å². The SMILES string of the molecule is CC(C)(C)[C@@H]1NC(O)O[C@@H]2CCC[C@H]2OC/C=C/C(F)(F)c2nc3cc(OC(F)(F)F)ccc3nc2O[C@@H]2C[C@@H](C(=O)O)N(C2)C1=O. The number of carboxylic acid groups (broad SMARTS) is 1. The van der Waals surface area contributed by atoms with Crippen LogP contribution in [0.1, 0.15) is 52.1 Å². The number of fused-ring (bicyclic) bond motifs is 5. The summed E-state index contributed by atoms with van der Waals surface area (Å²) in [7, 11) is 0. The molecule has 1 aliphatic carbocycles. The van der Waals surface area contributed by atoms with Gasteiger partial charge in [0.05, 0.1) is 42.4 Å². The zero-order valence-electron chi connectivity index (χ0n) is 25.7. The number of nitrogens with zero attached hydrogens (tertiary/aromatic N) is 3. The Labute approximate surface area is 265 Å². The Morgan fingerprint density at radius 2 is 1.85 bits per heavy atom. The molecule has 5 rings (SSSR count). The van der Waals surface area contributed by atoms with E-state index < -0.39 is 83.7 Å². The fourth-order valence-electron chi connectivity index (χ4n) is 5.93. The summed E-state index contributed by atoms with van der Waals surface area (Å²) in [5.74, 6) is -7.37. The number of hydrogen-bond donors (Lipinski definition) is 3. The van der Waals surface area contributed by atoms with Gasteiger partial charge in [0.2, 0.25) is 18.2 Å². The van der Waals surface area contributed by atoms with E-state index in [1.165, 1.54) is 0 Å². The summed E-state index contributed by atoms with van der Waals surface area (Å²) in [5, 5.41) is 23.6. The van der Waals surface area contributed by atoms with E-state index in [4.69, 9.17) is 14.2 Å². The van der Waals surface area contributed by atoms with Crippen molar-refractivity contribution in [3.8, 4) is 11.6 Å². The maximum Gasteiger partial charge on any atom is 0.573 e. The van der Waals surface area contributed by atoms with E-state index in [1.807, 2.05) is 0 Å². The van der Waals surface area contributed by atoms with Crippen LogP contribution in [0.3, 0.4) is 0 Å². The van der Waals surface area contributed by atoms with Gasteiger partial charge in [0, 0.05) is 12.5 Å². The van der Waals surface area contributed by atoms with Crippen LogP contribution in [0.4, 0.5) is 22.0 Å². The van der Waals surface area contributed by atoms with Crippen LogP contribution < -0.4 is 14.8 Å². The first kappa shape index (κ1) is 34.7. The van der Waals surface area contributed by atoms with E-state index in [9.17, 15) is 33.0 Å². The molecule has 258 valence electrons. The summed E-state index contributed by atoms with van der Waals surface area (Å²) in [4.78, 5) is 35.2. The van der Waals surface area contributed by atoms with Crippen LogP contribution >= 0.6 is 0 Å². The number of rotatable bonds is 2. The van der Waals surface area contributed by atoms with Crippen molar-refractivity contribution in [2.45, 2.75) is 95.5 Å². The number of aromatic nitrogens is 2. The molecule has 12 nitrogen and oxygen atoms in total. The van der Waals surface area contributed by atoms with Gasteiger partial charge in [0.1, 0.15) is 17.9 Å². The highest BCUT2D eigenvalue weighted by Crippen LogP contribution is 2.38. The second-order valence-electron chi connectivity index (χ2n) is 12.7. The predicted molar refractivity (Wildman–Crippen MR) is 152 cm³/mol. The van der Waals surface area contributed by atoms with Crippen molar-refractivity contribution in [2.24, 2.45) is 5.41 Å².